The second-order valence-corrected chi connectivity index (χ2v) is 10.8. The lowest BCUT2D eigenvalue weighted by Crippen LogP contribution is -2.38. The maximum atomic E-state index is 12.8. The van der Waals surface area contributed by atoms with Crippen molar-refractivity contribution in [2.45, 2.75) is 50.0 Å². The van der Waals surface area contributed by atoms with Crippen molar-refractivity contribution in [3.8, 4) is 0 Å². The number of aromatic nitrogens is 3. The number of nitrogen functional groups attached to an aromatic ring is 1. The van der Waals surface area contributed by atoms with Crippen molar-refractivity contribution < 1.29 is 4.79 Å². The van der Waals surface area contributed by atoms with E-state index in [1.54, 1.807) is 17.5 Å². The fourth-order valence-electron chi connectivity index (χ4n) is 5.87. The molecule has 1 saturated carbocycles. The number of imidazole rings is 1. The first-order valence-corrected chi connectivity index (χ1v) is 13.4. The van der Waals surface area contributed by atoms with Crippen molar-refractivity contribution in [2.75, 3.05) is 24.1 Å². The number of amides is 1. The van der Waals surface area contributed by atoms with Crippen LogP contribution in [0.3, 0.4) is 0 Å². The van der Waals surface area contributed by atoms with E-state index < -0.39 is 0 Å². The zero-order valence-electron chi connectivity index (χ0n) is 19.5. The van der Waals surface area contributed by atoms with Gasteiger partial charge >= 0.3 is 0 Å². The molecule has 2 fully saturated rings. The van der Waals surface area contributed by atoms with Gasteiger partial charge in [-0.25, -0.2) is 9.97 Å². The Labute approximate surface area is 208 Å². The van der Waals surface area contributed by atoms with Gasteiger partial charge in [-0.15, -0.1) is 0 Å². The molecular weight excluding hydrogens is 456 g/mol. The van der Waals surface area contributed by atoms with Gasteiger partial charge in [0.25, 0.3) is 5.91 Å². The van der Waals surface area contributed by atoms with Crippen molar-refractivity contribution in [3.05, 3.63) is 75.6 Å². The molecule has 1 saturated heterocycles. The summed E-state index contributed by atoms with van der Waals surface area (Å²) in [5.41, 5.74) is 13.2. The molecule has 3 N–H and O–H groups in total. The molecule has 0 bridgehead atoms. The minimum atomic E-state index is 0.0837. The van der Waals surface area contributed by atoms with E-state index in [9.17, 15) is 4.79 Å². The number of nitrogens with zero attached hydrogens (tertiary/aromatic N) is 4. The summed E-state index contributed by atoms with van der Waals surface area (Å²) in [6.45, 7) is 1.48. The highest BCUT2D eigenvalue weighted by Crippen LogP contribution is 2.48. The Morgan fingerprint density at radius 3 is 2.74 bits per heavy atom. The number of nitrogens with two attached hydrogens (primary N) is 1. The second kappa shape index (κ2) is 8.09. The fraction of sp³-hybridized carbons (Fsp3) is 0.370. The smallest absolute Gasteiger partial charge is 0.254 e. The molecule has 1 amide bonds. The SMILES string of the molecule is Nc1nccn2c(C3CCN(C(=O)c4ccsc4)CC3)nc(C3Cc4cccc(C5CC5)c4N3)c12. The summed E-state index contributed by atoms with van der Waals surface area (Å²) in [5.74, 6) is 2.65. The van der Waals surface area contributed by atoms with Gasteiger partial charge in [0.2, 0.25) is 0 Å². The van der Waals surface area contributed by atoms with Gasteiger partial charge in [0, 0.05) is 48.9 Å². The average Bonchev–Trinajstić information content (AvgIpc) is 3.26. The van der Waals surface area contributed by atoms with E-state index in [1.807, 2.05) is 27.9 Å². The number of piperidine rings is 1. The van der Waals surface area contributed by atoms with Gasteiger partial charge in [-0.2, -0.15) is 11.3 Å². The highest BCUT2D eigenvalue weighted by Gasteiger charge is 2.35. The first kappa shape index (κ1) is 20.9. The number of para-hydroxylation sites is 1. The van der Waals surface area contributed by atoms with E-state index in [4.69, 9.17) is 10.7 Å². The number of thiophene rings is 1. The first-order valence-electron chi connectivity index (χ1n) is 12.5. The van der Waals surface area contributed by atoms with E-state index in [0.717, 1.165) is 55.0 Å². The summed E-state index contributed by atoms with van der Waals surface area (Å²) in [4.78, 5) is 24.4. The molecule has 7 rings (SSSR count). The number of hydrogen-bond donors (Lipinski definition) is 2. The Balaban J connectivity index is 1.18. The minimum Gasteiger partial charge on any atom is -0.382 e. The average molecular weight is 485 g/mol. The topological polar surface area (TPSA) is 88.5 Å². The maximum Gasteiger partial charge on any atom is 0.254 e. The van der Waals surface area contributed by atoms with Crippen molar-refractivity contribution in [2.24, 2.45) is 0 Å². The number of anilines is 2. The van der Waals surface area contributed by atoms with Crippen LogP contribution in [0.1, 0.15) is 76.6 Å². The van der Waals surface area contributed by atoms with Crippen LogP contribution in [0, 0.1) is 0 Å². The minimum absolute atomic E-state index is 0.0837. The predicted octanol–water partition coefficient (Wildman–Crippen LogP) is 4.98. The summed E-state index contributed by atoms with van der Waals surface area (Å²) < 4.78 is 2.14. The lowest BCUT2D eigenvalue weighted by molar-refractivity contribution is 0.0711. The van der Waals surface area contributed by atoms with Crippen LogP contribution in [-0.4, -0.2) is 38.3 Å². The lowest BCUT2D eigenvalue weighted by atomic mass is 9.95. The molecule has 3 aliphatic rings. The predicted molar refractivity (Wildman–Crippen MR) is 138 cm³/mol. The molecule has 0 radical (unpaired) electrons. The first-order chi connectivity index (χ1) is 17.2. The van der Waals surface area contributed by atoms with Gasteiger partial charge in [0.1, 0.15) is 17.2 Å². The van der Waals surface area contributed by atoms with Crippen molar-refractivity contribution >= 4 is 34.3 Å². The van der Waals surface area contributed by atoms with Gasteiger partial charge in [0.15, 0.2) is 0 Å². The number of carbonyl (C=O) groups is 1. The standard InChI is InChI=1S/C27H28N6OS/c28-25-24-23(21-14-18-2-1-3-20(16-4-5-16)22(18)30-21)31-26(33(24)12-9-29-25)17-6-10-32(11-7-17)27(34)19-8-13-35-15-19/h1-3,8-9,12-13,15-17,21,30H,4-7,10-11,14H2,(H2,28,29). The summed E-state index contributed by atoms with van der Waals surface area (Å²) in [6, 6.07) is 8.68. The van der Waals surface area contributed by atoms with Gasteiger partial charge < -0.3 is 16.0 Å². The molecule has 1 unspecified atom stereocenters. The zero-order chi connectivity index (χ0) is 23.5. The molecule has 1 atom stereocenters. The number of likely N-dealkylation sites (tertiary alicyclic amines) is 1. The largest absolute Gasteiger partial charge is 0.382 e. The van der Waals surface area contributed by atoms with Gasteiger partial charge in [-0.3, -0.25) is 9.20 Å². The van der Waals surface area contributed by atoms with Gasteiger partial charge in [-0.1, -0.05) is 18.2 Å². The quantitative estimate of drug-likeness (QED) is 0.427. The number of rotatable bonds is 4. The van der Waals surface area contributed by atoms with Crippen LogP contribution in [-0.2, 0) is 6.42 Å². The van der Waals surface area contributed by atoms with Crippen LogP contribution < -0.4 is 11.1 Å². The molecule has 1 aliphatic carbocycles. The third-order valence-electron chi connectivity index (χ3n) is 7.83. The Morgan fingerprint density at radius 2 is 1.97 bits per heavy atom. The van der Waals surface area contributed by atoms with Gasteiger partial charge in [-0.05, 0) is 54.2 Å². The highest BCUT2D eigenvalue weighted by atomic mass is 32.1. The van der Waals surface area contributed by atoms with Crippen molar-refractivity contribution in [1.29, 1.82) is 0 Å². The van der Waals surface area contributed by atoms with E-state index in [1.165, 1.54) is 29.7 Å². The number of nitrogens with one attached hydrogen (secondary N) is 1. The van der Waals surface area contributed by atoms with Crippen molar-refractivity contribution in [1.82, 2.24) is 19.3 Å². The van der Waals surface area contributed by atoms with Crippen molar-refractivity contribution in [3.63, 3.8) is 0 Å². The van der Waals surface area contributed by atoms with Crippen LogP contribution in [0.4, 0.5) is 11.5 Å². The molecule has 35 heavy (non-hydrogen) atoms. The molecular formula is C27H28N6OS. The maximum absolute atomic E-state index is 12.8. The summed E-state index contributed by atoms with van der Waals surface area (Å²) >= 11 is 1.56. The molecule has 8 heteroatoms. The lowest BCUT2D eigenvalue weighted by Gasteiger charge is -2.31. The highest BCUT2D eigenvalue weighted by molar-refractivity contribution is 7.08. The Morgan fingerprint density at radius 1 is 1.11 bits per heavy atom. The summed E-state index contributed by atoms with van der Waals surface area (Å²) in [5, 5.41) is 7.69. The van der Waals surface area contributed by atoms with Crippen LogP contribution in [0.5, 0.6) is 0 Å². The molecule has 1 aromatic carbocycles. The molecule has 0 spiro atoms. The summed E-state index contributed by atoms with van der Waals surface area (Å²) in [7, 11) is 0. The fourth-order valence-corrected chi connectivity index (χ4v) is 6.50. The number of hydrogen-bond acceptors (Lipinski definition) is 6. The van der Waals surface area contributed by atoms with E-state index in [2.05, 4.69) is 32.9 Å². The van der Waals surface area contributed by atoms with Gasteiger partial charge in [0.05, 0.1) is 17.3 Å². The normalized spacial score (nSPS) is 20.2. The molecule has 4 aromatic rings. The molecule has 3 aromatic heterocycles. The number of carbonyl (C=O) groups excluding carboxylic acids is 1. The molecule has 7 nitrogen and oxygen atoms in total. The zero-order valence-corrected chi connectivity index (χ0v) is 20.3. The molecule has 5 heterocycles. The van der Waals surface area contributed by atoms with E-state index in [-0.39, 0.29) is 17.9 Å². The van der Waals surface area contributed by atoms with Crippen LogP contribution in [0.2, 0.25) is 0 Å². The molecule has 178 valence electrons. The third kappa shape index (κ3) is 3.50. The van der Waals surface area contributed by atoms with Crippen LogP contribution >= 0.6 is 11.3 Å². The Hall–Kier alpha value is -3.39. The van der Waals surface area contributed by atoms with Crippen LogP contribution in [0.15, 0.2) is 47.4 Å². The van der Waals surface area contributed by atoms with E-state index >= 15 is 0 Å². The summed E-state index contributed by atoms with van der Waals surface area (Å²) in [6.07, 6.45) is 8.99. The number of benzene rings is 1. The van der Waals surface area contributed by atoms with Crippen LogP contribution in [0.25, 0.3) is 5.52 Å². The monoisotopic (exact) mass is 484 g/mol. The Bertz CT molecular complexity index is 1420. The Kier molecular flexibility index (Phi) is 4.84. The van der Waals surface area contributed by atoms with E-state index in [0.29, 0.717) is 11.7 Å². The molecule has 2 aliphatic heterocycles. The number of fused-ring (bicyclic) bond motifs is 2. The third-order valence-corrected chi connectivity index (χ3v) is 8.51. The second-order valence-electron chi connectivity index (χ2n) is 10.0.